The van der Waals surface area contributed by atoms with E-state index < -0.39 is 9.84 Å². The number of carbonyl (C=O) groups is 1. The fourth-order valence-electron chi connectivity index (χ4n) is 4.09. The lowest BCUT2D eigenvalue weighted by atomic mass is 10.0. The first-order valence-corrected chi connectivity index (χ1v) is 11.9. The lowest BCUT2D eigenvalue weighted by Crippen LogP contribution is -2.35. The van der Waals surface area contributed by atoms with Gasteiger partial charge in [0.15, 0.2) is 15.6 Å². The van der Waals surface area contributed by atoms with Gasteiger partial charge >= 0.3 is 0 Å². The van der Waals surface area contributed by atoms with Crippen molar-refractivity contribution in [3.8, 4) is 0 Å². The molecule has 1 saturated heterocycles. The van der Waals surface area contributed by atoms with Crippen LogP contribution in [0.15, 0.2) is 53.2 Å². The fourth-order valence-corrected chi connectivity index (χ4v) is 4.90. The first-order chi connectivity index (χ1) is 13.9. The van der Waals surface area contributed by atoms with Gasteiger partial charge in [-0.05, 0) is 36.6 Å². The summed E-state index contributed by atoms with van der Waals surface area (Å²) in [5, 5.41) is 0.677. The van der Waals surface area contributed by atoms with Gasteiger partial charge in [0.05, 0.1) is 11.8 Å². The van der Waals surface area contributed by atoms with Crippen LogP contribution >= 0.6 is 0 Å². The van der Waals surface area contributed by atoms with Gasteiger partial charge in [-0.25, -0.2) is 8.42 Å². The molecule has 1 aliphatic heterocycles. The van der Waals surface area contributed by atoms with Crippen molar-refractivity contribution in [2.45, 2.75) is 37.5 Å². The van der Waals surface area contributed by atoms with Gasteiger partial charge in [-0.15, -0.1) is 0 Å². The van der Waals surface area contributed by atoms with Crippen LogP contribution in [0.1, 0.15) is 53.4 Å². The number of aromatic nitrogens is 1. The zero-order valence-electron chi connectivity index (χ0n) is 16.4. The molecule has 1 atom stereocenters. The molecular formula is C22H24N2O4S. The van der Waals surface area contributed by atoms with Crippen LogP contribution in [0.4, 0.5) is 0 Å². The van der Waals surface area contributed by atoms with Crippen molar-refractivity contribution in [3.63, 3.8) is 0 Å². The van der Waals surface area contributed by atoms with Gasteiger partial charge in [-0.1, -0.05) is 31.0 Å². The quantitative estimate of drug-likeness (QED) is 0.644. The molecule has 29 heavy (non-hydrogen) atoms. The minimum atomic E-state index is -3.34. The average molecular weight is 413 g/mol. The molecule has 0 bridgehead atoms. The number of hydrogen-bond donors (Lipinski definition) is 0. The van der Waals surface area contributed by atoms with Crippen molar-refractivity contribution in [3.05, 3.63) is 65.7 Å². The number of likely N-dealkylation sites (tertiary alicyclic amines) is 1. The largest absolute Gasteiger partial charge is 0.451 e. The van der Waals surface area contributed by atoms with Crippen molar-refractivity contribution in [2.24, 2.45) is 0 Å². The predicted octanol–water partition coefficient (Wildman–Crippen LogP) is 4.13. The van der Waals surface area contributed by atoms with E-state index in [-0.39, 0.29) is 23.5 Å². The number of carbonyl (C=O) groups excluding carboxylic acids is 1. The van der Waals surface area contributed by atoms with Crippen molar-refractivity contribution < 1.29 is 17.6 Å². The topological polar surface area (TPSA) is 80.5 Å². The second-order valence-electron chi connectivity index (χ2n) is 7.62. The zero-order chi connectivity index (χ0) is 20.4. The maximum Gasteiger partial charge on any atom is 0.290 e. The first-order valence-electron chi connectivity index (χ1n) is 9.83. The Bertz CT molecular complexity index is 1120. The molecule has 7 heteroatoms. The lowest BCUT2D eigenvalue weighted by molar-refractivity contribution is 0.0649. The van der Waals surface area contributed by atoms with Crippen LogP contribution in [-0.4, -0.2) is 37.0 Å². The molecule has 6 nitrogen and oxygen atoms in total. The van der Waals surface area contributed by atoms with Crippen molar-refractivity contribution in [1.29, 1.82) is 0 Å². The highest BCUT2D eigenvalue weighted by Crippen LogP contribution is 2.34. The van der Waals surface area contributed by atoms with Gasteiger partial charge in [0.2, 0.25) is 0 Å². The van der Waals surface area contributed by atoms with E-state index in [1.54, 1.807) is 24.5 Å². The molecule has 0 N–H and O–H groups in total. The molecule has 2 aromatic heterocycles. The van der Waals surface area contributed by atoms with Crippen molar-refractivity contribution >= 4 is 26.7 Å². The second kappa shape index (κ2) is 7.99. The number of pyridine rings is 1. The molecule has 3 aromatic rings. The minimum absolute atomic E-state index is 0.0766. The summed E-state index contributed by atoms with van der Waals surface area (Å²) in [6.07, 6.45) is 8.51. The van der Waals surface area contributed by atoms with Crippen LogP contribution in [0.3, 0.4) is 0 Å². The molecule has 1 amide bonds. The zero-order valence-corrected chi connectivity index (χ0v) is 17.2. The molecule has 1 aliphatic rings. The molecule has 0 radical (unpaired) electrons. The molecule has 4 rings (SSSR count). The van der Waals surface area contributed by atoms with Gasteiger partial charge < -0.3 is 9.32 Å². The Morgan fingerprint density at radius 1 is 1.14 bits per heavy atom. The Hall–Kier alpha value is -2.67. The number of sulfone groups is 1. The van der Waals surface area contributed by atoms with Crippen molar-refractivity contribution in [1.82, 2.24) is 9.88 Å². The summed E-state index contributed by atoms with van der Waals surface area (Å²) in [5.41, 5.74) is 2.02. The Balaban J connectivity index is 1.79. The third-order valence-corrected chi connectivity index (χ3v) is 6.22. The summed E-state index contributed by atoms with van der Waals surface area (Å²) in [6.45, 7) is 0.612. The molecule has 0 spiro atoms. The predicted molar refractivity (Wildman–Crippen MR) is 111 cm³/mol. The van der Waals surface area contributed by atoms with E-state index in [2.05, 4.69) is 4.98 Å². The maximum atomic E-state index is 13.6. The number of nitrogens with zero attached hydrogens (tertiary/aromatic N) is 2. The van der Waals surface area contributed by atoms with Gasteiger partial charge in [0, 0.05) is 36.1 Å². The third-order valence-electron chi connectivity index (χ3n) is 5.40. The van der Waals surface area contributed by atoms with E-state index in [9.17, 15) is 13.2 Å². The van der Waals surface area contributed by atoms with Crippen LogP contribution in [0, 0.1) is 0 Å². The van der Waals surface area contributed by atoms with Crippen LogP contribution in [0.5, 0.6) is 0 Å². The third kappa shape index (κ3) is 4.19. The number of rotatable bonds is 4. The van der Waals surface area contributed by atoms with E-state index in [4.69, 9.17) is 4.42 Å². The van der Waals surface area contributed by atoms with Gasteiger partial charge in [-0.3, -0.25) is 9.78 Å². The molecule has 1 aromatic carbocycles. The van der Waals surface area contributed by atoms with E-state index in [0.717, 1.165) is 31.2 Å². The van der Waals surface area contributed by atoms with Crippen LogP contribution in [-0.2, 0) is 15.6 Å². The average Bonchev–Trinajstić information content (AvgIpc) is 2.89. The summed E-state index contributed by atoms with van der Waals surface area (Å²) >= 11 is 0. The number of para-hydroxylation sites is 1. The van der Waals surface area contributed by atoms with Crippen LogP contribution in [0.2, 0.25) is 0 Å². The number of amides is 1. The van der Waals surface area contributed by atoms with Crippen molar-refractivity contribution in [2.75, 3.05) is 12.8 Å². The highest BCUT2D eigenvalue weighted by Gasteiger charge is 2.32. The van der Waals surface area contributed by atoms with Gasteiger partial charge in [0.25, 0.3) is 5.91 Å². The number of hydrogen-bond acceptors (Lipinski definition) is 5. The summed E-state index contributed by atoms with van der Waals surface area (Å²) < 4.78 is 30.0. The molecule has 0 saturated carbocycles. The molecule has 152 valence electrons. The number of fused-ring (bicyclic) bond motifs is 1. The fraction of sp³-hybridized carbons (Fsp3) is 0.364. The van der Waals surface area contributed by atoms with E-state index in [1.807, 2.05) is 29.2 Å². The maximum absolute atomic E-state index is 13.6. The number of furan rings is 1. The van der Waals surface area contributed by atoms with Gasteiger partial charge in [0.1, 0.15) is 5.58 Å². The van der Waals surface area contributed by atoms with E-state index in [0.29, 0.717) is 23.1 Å². The second-order valence-corrected chi connectivity index (χ2v) is 9.76. The Kier molecular flexibility index (Phi) is 5.41. The Morgan fingerprint density at radius 3 is 2.66 bits per heavy atom. The Labute approximate surface area is 170 Å². The highest BCUT2D eigenvalue weighted by atomic mass is 32.2. The minimum Gasteiger partial charge on any atom is -0.451 e. The van der Waals surface area contributed by atoms with Crippen LogP contribution < -0.4 is 0 Å². The van der Waals surface area contributed by atoms with Crippen LogP contribution in [0.25, 0.3) is 11.0 Å². The highest BCUT2D eigenvalue weighted by molar-refractivity contribution is 7.89. The standard InChI is InChI=1S/C22H24N2O4S/c1-29(26,27)15-18-17-7-4-5-9-20(17)28-21(18)22(25)24-14-6-2-3-8-19(24)16-10-12-23-13-11-16/h4-5,7,9-13,19H,2-3,6,8,14-15H2,1H3. The molecule has 1 unspecified atom stereocenters. The summed E-state index contributed by atoms with van der Waals surface area (Å²) in [7, 11) is -3.34. The molecule has 1 fully saturated rings. The molecule has 0 aliphatic carbocycles. The summed E-state index contributed by atoms with van der Waals surface area (Å²) in [5.74, 6) is -0.333. The summed E-state index contributed by atoms with van der Waals surface area (Å²) in [4.78, 5) is 19.6. The van der Waals surface area contributed by atoms with E-state index in [1.165, 1.54) is 6.26 Å². The SMILES string of the molecule is CS(=O)(=O)Cc1c(C(=O)N2CCCCCC2c2ccncc2)oc2ccccc12. The molecule has 3 heterocycles. The molecular weight excluding hydrogens is 388 g/mol. The monoisotopic (exact) mass is 412 g/mol. The number of benzene rings is 1. The first kappa shape index (κ1) is 19.6. The lowest BCUT2D eigenvalue weighted by Gasteiger charge is -2.30. The smallest absolute Gasteiger partial charge is 0.290 e. The van der Waals surface area contributed by atoms with Gasteiger partial charge in [-0.2, -0.15) is 0 Å². The normalized spacial score (nSPS) is 18.0. The summed E-state index contributed by atoms with van der Waals surface area (Å²) in [6, 6.07) is 11.0. The van der Waals surface area contributed by atoms with E-state index >= 15 is 0 Å². The Morgan fingerprint density at radius 2 is 1.90 bits per heavy atom.